The van der Waals surface area contributed by atoms with E-state index in [-0.39, 0.29) is 30.8 Å². The number of methoxy groups -OCH3 is 2. The fourth-order valence-electron chi connectivity index (χ4n) is 4.06. The molecule has 2 aromatic carbocycles. The molecule has 2 heterocycles. The van der Waals surface area contributed by atoms with E-state index in [1.807, 2.05) is 24.3 Å². The molecule has 1 saturated heterocycles. The van der Waals surface area contributed by atoms with Gasteiger partial charge in [-0.05, 0) is 18.2 Å². The Bertz CT molecular complexity index is 1220. The first-order valence-corrected chi connectivity index (χ1v) is 11.4. The molecule has 4 rings (SSSR count). The number of anilines is 1. The number of rotatable bonds is 7. The van der Waals surface area contributed by atoms with Crippen molar-refractivity contribution in [2.24, 2.45) is 0 Å². The van der Waals surface area contributed by atoms with E-state index in [4.69, 9.17) is 9.47 Å². The van der Waals surface area contributed by atoms with E-state index in [2.05, 4.69) is 15.6 Å². The van der Waals surface area contributed by atoms with E-state index in [9.17, 15) is 14.4 Å². The Kier molecular flexibility index (Phi) is 7.39. The first kappa shape index (κ1) is 23.9. The van der Waals surface area contributed by atoms with Crippen molar-refractivity contribution >= 4 is 34.4 Å². The first-order chi connectivity index (χ1) is 17.0. The molecular weight excluding hydrogens is 450 g/mol. The number of aromatic nitrogens is 1. The van der Waals surface area contributed by atoms with Crippen LogP contribution in [0.1, 0.15) is 16.8 Å². The maximum Gasteiger partial charge on any atom is 0.317 e. The molecule has 0 radical (unpaired) electrons. The number of ether oxygens (including phenoxy) is 2. The van der Waals surface area contributed by atoms with Gasteiger partial charge in [0.25, 0.3) is 5.91 Å². The highest BCUT2D eigenvalue weighted by atomic mass is 16.5. The van der Waals surface area contributed by atoms with Gasteiger partial charge in [0.1, 0.15) is 0 Å². The predicted molar refractivity (Wildman–Crippen MR) is 132 cm³/mol. The molecule has 1 aromatic heterocycles. The Labute approximate surface area is 203 Å². The zero-order valence-corrected chi connectivity index (χ0v) is 19.8. The highest BCUT2D eigenvalue weighted by molar-refractivity contribution is 6.06. The van der Waals surface area contributed by atoms with Gasteiger partial charge in [-0.15, -0.1) is 0 Å². The van der Waals surface area contributed by atoms with Gasteiger partial charge in [0, 0.05) is 68.0 Å². The van der Waals surface area contributed by atoms with Crippen molar-refractivity contribution in [1.82, 2.24) is 20.1 Å². The normalized spacial score (nSPS) is 13.4. The summed E-state index contributed by atoms with van der Waals surface area (Å²) in [6.45, 7) is 1.96. The lowest BCUT2D eigenvalue weighted by molar-refractivity contribution is -0.116. The van der Waals surface area contributed by atoms with Crippen molar-refractivity contribution in [2.75, 3.05) is 52.3 Å². The Morgan fingerprint density at radius 1 is 0.943 bits per heavy atom. The molecule has 0 bridgehead atoms. The van der Waals surface area contributed by atoms with E-state index >= 15 is 0 Å². The van der Waals surface area contributed by atoms with Crippen LogP contribution in [0.5, 0.6) is 11.5 Å². The summed E-state index contributed by atoms with van der Waals surface area (Å²) in [7, 11) is 3.07. The summed E-state index contributed by atoms with van der Waals surface area (Å²) in [5.74, 6) is 0.808. The molecule has 10 nitrogen and oxygen atoms in total. The third-order valence-corrected chi connectivity index (χ3v) is 5.97. The monoisotopic (exact) mass is 479 g/mol. The molecule has 3 N–H and O–H groups in total. The molecule has 10 heteroatoms. The van der Waals surface area contributed by atoms with Gasteiger partial charge in [0.05, 0.1) is 19.8 Å². The van der Waals surface area contributed by atoms with Crippen LogP contribution < -0.4 is 20.1 Å². The number of benzene rings is 2. The maximum absolute atomic E-state index is 13.0. The summed E-state index contributed by atoms with van der Waals surface area (Å²) in [6.07, 6.45) is 1.86. The minimum absolute atomic E-state index is 0.0469. The lowest BCUT2D eigenvalue weighted by atomic mass is 10.1. The number of urea groups is 1. The third kappa shape index (κ3) is 5.48. The number of fused-ring (bicyclic) bond motifs is 1. The Hall–Kier alpha value is -4.21. The standard InChI is InChI=1S/C25H29N5O5/c1-34-21-8-7-17(15-22(21)35-2)28-23(31)9-10-26-25(33)30-13-11-29(12-14-30)24(32)19-16-27-20-6-4-3-5-18(19)20/h3-8,15-16,27H,9-14H2,1-2H3,(H,26,33)(H,28,31). The van der Waals surface area contributed by atoms with Crippen LogP contribution in [-0.2, 0) is 4.79 Å². The largest absolute Gasteiger partial charge is 0.493 e. The van der Waals surface area contributed by atoms with E-state index in [1.165, 1.54) is 7.11 Å². The first-order valence-electron chi connectivity index (χ1n) is 11.4. The Morgan fingerprint density at radius 2 is 1.66 bits per heavy atom. The number of para-hydroxylation sites is 1. The van der Waals surface area contributed by atoms with Gasteiger partial charge in [-0.2, -0.15) is 0 Å². The van der Waals surface area contributed by atoms with Gasteiger partial charge in [-0.3, -0.25) is 9.59 Å². The van der Waals surface area contributed by atoms with Gasteiger partial charge in [0.15, 0.2) is 11.5 Å². The fraction of sp³-hybridized carbons (Fsp3) is 0.320. The van der Waals surface area contributed by atoms with Gasteiger partial charge in [-0.25, -0.2) is 4.79 Å². The van der Waals surface area contributed by atoms with E-state index in [1.54, 1.807) is 41.3 Å². The minimum atomic E-state index is -0.247. The lowest BCUT2D eigenvalue weighted by Gasteiger charge is -2.34. The average molecular weight is 480 g/mol. The zero-order chi connectivity index (χ0) is 24.8. The molecule has 1 aliphatic rings. The fourth-order valence-corrected chi connectivity index (χ4v) is 4.06. The van der Waals surface area contributed by atoms with Crippen LogP contribution in [-0.4, -0.2) is 79.6 Å². The third-order valence-electron chi connectivity index (χ3n) is 5.97. The number of nitrogens with one attached hydrogen (secondary N) is 3. The second-order valence-electron chi connectivity index (χ2n) is 8.13. The summed E-state index contributed by atoms with van der Waals surface area (Å²) in [5.41, 5.74) is 2.14. The summed E-state index contributed by atoms with van der Waals surface area (Å²) in [4.78, 5) is 44.3. The zero-order valence-electron chi connectivity index (χ0n) is 19.8. The predicted octanol–water partition coefficient (Wildman–Crippen LogP) is 2.68. The molecule has 4 amide bonds. The second-order valence-corrected chi connectivity index (χ2v) is 8.13. The van der Waals surface area contributed by atoms with Crippen molar-refractivity contribution in [1.29, 1.82) is 0 Å². The highest BCUT2D eigenvalue weighted by Gasteiger charge is 2.26. The molecule has 0 aliphatic carbocycles. The van der Waals surface area contributed by atoms with E-state index in [0.29, 0.717) is 48.9 Å². The topological polar surface area (TPSA) is 116 Å². The molecule has 1 aliphatic heterocycles. The van der Waals surface area contributed by atoms with Crippen molar-refractivity contribution in [2.45, 2.75) is 6.42 Å². The number of hydrogen-bond donors (Lipinski definition) is 3. The van der Waals surface area contributed by atoms with Crippen molar-refractivity contribution in [3.8, 4) is 11.5 Å². The van der Waals surface area contributed by atoms with E-state index < -0.39 is 0 Å². The molecule has 0 unspecified atom stereocenters. The molecule has 35 heavy (non-hydrogen) atoms. The van der Waals surface area contributed by atoms with Gasteiger partial charge in [0.2, 0.25) is 5.91 Å². The second kappa shape index (κ2) is 10.8. The molecule has 184 valence electrons. The van der Waals surface area contributed by atoms with Gasteiger partial charge < -0.3 is 34.9 Å². The minimum Gasteiger partial charge on any atom is -0.493 e. The van der Waals surface area contributed by atoms with Crippen LogP contribution in [0.4, 0.5) is 10.5 Å². The summed E-state index contributed by atoms with van der Waals surface area (Å²) in [6, 6.07) is 12.5. The number of nitrogens with zero attached hydrogens (tertiary/aromatic N) is 2. The van der Waals surface area contributed by atoms with Crippen molar-refractivity contribution in [3.63, 3.8) is 0 Å². The molecule has 0 spiro atoms. The van der Waals surface area contributed by atoms with Crippen LogP contribution in [0.3, 0.4) is 0 Å². The number of H-pyrrole nitrogens is 1. The number of amides is 4. The quantitative estimate of drug-likeness (QED) is 0.482. The molecule has 3 aromatic rings. The number of carbonyl (C=O) groups excluding carboxylic acids is 3. The molecular formula is C25H29N5O5. The number of aromatic amines is 1. The average Bonchev–Trinajstić information content (AvgIpc) is 3.32. The lowest BCUT2D eigenvalue weighted by Crippen LogP contribution is -2.53. The maximum atomic E-state index is 13.0. The van der Waals surface area contributed by atoms with Crippen LogP contribution in [0.2, 0.25) is 0 Å². The molecule has 0 atom stereocenters. The van der Waals surface area contributed by atoms with E-state index in [0.717, 1.165) is 10.9 Å². The Balaban J connectivity index is 1.21. The molecule has 1 fully saturated rings. The Morgan fingerprint density at radius 3 is 2.40 bits per heavy atom. The summed E-state index contributed by atoms with van der Waals surface area (Å²) < 4.78 is 10.4. The van der Waals surface area contributed by atoms with Crippen LogP contribution >= 0.6 is 0 Å². The molecule has 0 saturated carbocycles. The number of hydrogen-bond acceptors (Lipinski definition) is 5. The van der Waals surface area contributed by atoms with Crippen molar-refractivity contribution in [3.05, 3.63) is 54.2 Å². The van der Waals surface area contributed by atoms with Gasteiger partial charge in [-0.1, -0.05) is 18.2 Å². The summed E-state index contributed by atoms with van der Waals surface area (Å²) in [5, 5.41) is 6.45. The summed E-state index contributed by atoms with van der Waals surface area (Å²) >= 11 is 0. The SMILES string of the molecule is COc1ccc(NC(=O)CCNC(=O)N2CCN(C(=O)c3c[nH]c4ccccc34)CC2)cc1OC. The van der Waals surface area contributed by atoms with Gasteiger partial charge >= 0.3 is 6.03 Å². The van der Waals surface area contributed by atoms with Crippen LogP contribution in [0, 0.1) is 0 Å². The highest BCUT2D eigenvalue weighted by Crippen LogP contribution is 2.29. The van der Waals surface area contributed by atoms with Crippen LogP contribution in [0.15, 0.2) is 48.7 Å². The number of piperazine rings is 1. The van der Waals surface area contributed by atoms with Crippen molar-refractivity contribution < 1.29 is 23.9 Å². The smallest absolute Gasteiger partial charge is 0.317 e. The van der Waals surface area contributed by atoms with Crippen LogP contribution in [0.25, 0.3) is 10.9 Å². The number of carbonyl (C=O) groups is 3.